The van der Waals surface area contributed by atoms with Crippen molar-refractivity contribution in [1.29, 1.82) is 0 Å². The van der Waals surface area contributed by atoms with Crippen LogP contribution in [0.25, 0.3) is 0 Å². The zero-order valence-electron chi connectivity index (χ0n) is 10.3. The summed E-state index contributed by atoms with van der Waals surface area (Å²) in [6.07, 6.45) is 0.305. The minimum Gasteiger partial charge on any atom is -0.385 e. The standard InChI is InChI=1S/C15H13BrF2O/c1-15(19,11-3-6-12(17)7-4-11)9-10-2-5-13(18)8-14(10)16/h2-8,19H,9H2,1H3. The van der Waals surface area contributed by atoms with Crippen LogP contribution in [0.4, 0.5) is 8.78 Å². The van der Waals surface area contributed by atoms with Crippen LogP contribution in [-0.4, -0.2) is 5.11 Å². The molecule has 0 aromatic heterocycles. The SMILES string of the molecule is CC(O)(Cc1ccc(F)cc1Br)c1ccc(F)cc1. The predicted molar refractivity (Wildman–Crippen MR) is 73.8 cm³/mol. The van der Waals surface area contributed by atoms with Crippen molar-refractivity contribution >= 4 is 15.9 Å². The molecule has 0 aliphatic carbocycles. The van der Waals surface area contributed by atoms with E-state index in [2.05, 4.69) is 15.9 Å². The number of hydrogen-bond acceptors (Lipinski definition) is 1. The van der Waals surface area contributed by atoms with E-state index in [0.29, 0.717) is 16.5 Å². The third-order valence-electron chi connectivity index (χ3n) is 3.02. The summed E-state index contributed by atoms with van der Waals surface area (Å²) in [6, 6.07) is 10.0. The molecule has 0 bridgehead atoms. The Morgan fingerprint density at radius 3 is 2.21 bits per heavy atom. The van der Waals surface area contributed by atoms with E-state index in [4.69, 9.17) is 0 Å². The van der Waals surface area contributed by atoms with Crippen molar-refractivity contribution in [2.45, 2.75) is 18.9 Å². The Labute approximate surface area is 119 Å². The van der Waals surface area contributed by atoms with E-state index in [1.54, 1.807) is 25.1 Å². The summed E-state index contributed by atoms with van der Waals surface area (Å²) in [5.41, 5.74) is 0.259. The Hall–Kier alpha value is -1.26. The van der Waals surface area contributed by atoms with Gasteiger partial charge in [-0.1, -0.05) is 34.1 Å². The molecule has 2 rings (SSSR count). The summed E-state index contributed by atoms with van der Waals surface area (Å²) in [7, 11) is 0. The number of benzene rings is 2. The monoisotopic (exact) mass is 326 g/mol. The molecule has 0 aliphatic rings. The van der Waals surface area contributed by atoms with Crippen molar-refractivity contribution < 1.29 is 13.9 Å². The summed E-state index contributed by atoms with van der Waals surface area (Å²) < 4.78 is 26.5. The quantitative estimate of drug-likeness (QED) is 0.897. The highest BCUT2D eigenvalue weighted by Gasteiger charge is 2.24. The fourth-order valence-electron chi connectivity index (χ4n) is 1.95. The number of hydrogen-bond donors (Lipinski definition) is 1. The maximum Gasteiger partial charge on any atom is 0.124 e. The first-order valence-electron chi connectivity index (χ1n) is 5.81. The maximum absolute atomic E-state index is 13.0. The molecular formula is C15H13BrF2O. The van der Waals surface area contributed by atoms with Crippen LogP contribution in [0.1, 0.15) is 18.1 Å². The molecule has 100 valence electrons. The molecule has 0 spiro atoms. The minimum atomic E-state index is -1.14. The molecule has 1 N–H and O–H groups in total. The minimum absolute atomic E-state index is 0.305. The van der Waals surface area contributed by atoms with Crippen LogP contribution in [0, 0.1) is 11.6 Å². The van der Waals surface area contributed by atoms with Gasteiger partial charge in [-0.3, -0.25) is 0 Å². The lowest BCUT2D eigenvalue weighted by Gasteiger charge is -2.24. The van der Waals surface area contributed by atoms with Crippen LogP contribution < -0.4 is 0 Å². The van der Waals surface area contributed by atoms with Crippen LogP contribution in [0.5, 0.6) is 0 Å². The molecule has 19 heavy (non-hydrogen) atoms. The second-order valence-corrected chi connectivity index (χ2v) is 5.55. The van der Waals surface area contributed by atoms with E-state index in [-0.39, 0.29) is 11.6 Å². The summed E-state index contributed by atoms with van der Waals surface area (Å²) in [6.45, 7) is 1.65. The average Bonchev–Trinajstić information content (AvgIpc) is 2.33. The molecule has 0 radical (unpaired) electrons. The Morgan fingerprint density at radius 2 is 1.63 bits per heavy atom. The van der Waals surface area contributed by atoms with E-state index < -0.39 is 5.60 Å². The molecule has 1 unspecified atom stereocenters. The van der Waals surface area contributed by atoms with Gasteiger partial charge in [0.25, 0.3) is 0 Å². The molecule has 0 aliphatic heterocycles. The van der Waals surface area contributed by atoms with E-state index in [9.17, 15) is 13.9 Å². The van der Waals surface area contributed by atoms with Crippen molar-refractivity contribution in [3.05, 3.63) is 69.7 Å². The van der Waals surface area contributed by atoms with Crippen molar-refractivity contribution in [3.63, 3.8) is 0 Å². The maximum atomic E-state index is 13.0. The van der Waals surface area contributed by atoms with Crippen LogP contribution in [0.3, 0.4) is 0 Å². The normalized spacial score (nSPS) is 14.2. The highest BCUT2D eigenvalue weighted by Crippen LogP contribution is 2.29. The second-order valence-electron chi connectivity index (χ2n) is 4.69. The van der Waals surface area contributed by atoms with Gasteiger partial charge in [0.15, 0.2) is 0 Å². The molecule has 2 aromatic rings. The van der Waals surface area contributed by atoms with Crippen molar-refractivity contribution in [2.24, 2.45) is 0 Å². The molecule has 0 fully saturated rings. The van der Waals surface area contributed by atoms with Crippen LogP contribution in [0.15, 0.2) is 46.9 Å². The number of aliphatic hydroxyl groups is 1. The first-order chi connectivity index (χ1) is 8.88. The molecule has 0 amide bonds. The second kappa shape index (κ2) is 5.39. The first-order valence-corrected chi connectivity index (χ1v) is 6.60. The van der Waals surface area contributed by atoms with Gasteiger partial charge in [-0.2, -0.15) is 0 Å². The Balaban J connectivity index is 2.27. The molecule has 0 saturated heterocycles. The van der Waals surface area contributed by atoms with Crippen LogP contribution in [-0.2, 0) is 12.0 Å². The van der Waals surface area contributed by atoms with Gasteiger partial charge in [0, 0.05) is 10.9 Å². The zero-order valence-corrected chi connectivity index (χ0v) is 11.9. The molecule has 0 saturated carbocycles. The van der Waals surface area contributed by atoms with Gasteiger partial charge in [-0.15, -0.1) is 0 Å². The summed E-state index contributed by atoms with van der Waals surface area (Å²) in [4.78, 5) is 0. The van der Waals surface area contributed by atoms with Gasteiger partial charge in [0.2, 0.25) is 0 Å². The third-order valence-corrected chi connectivity index (χ3v) is 3.75. The van der Waals surface area contributed by atoms with Crippen LogP contribution >= 0.6 is 15.9 Å². The largest absolute Gasteiger partial charge is 0.385 e. The zero-order chi connectivity index (χ0) is 14.0. The lowest BCUT2D eigenvalue weighted by molar-refractivity contribution is 0.0574. The molecular weight excluding hydrogens is 314 g/mol. The molecule has 4 heteroatoms. The number of halogens is 3. The van der Waals surface area contributed by atoms with E-state index >= 15 is 0 Å². The van der Waals surface area contributed by atoms with Gasteiger partial charge >= 0.3 is 0 Å². The average molecular weight is 327 g/mol. The van der Waals surface area contributed by atoms with Gasteiger partial charge in [-0.25, -0.2) is 8.78 Å². The summed E-state index contributed by atoms with van der Waals surface area (Å²) in [5.74, 6) is -0.681. The van der Waals surface area contributed by atoms with Gasteiger partial charge in [0.1, 0.15) is 11.6 Å². The lowest BCUT2D eigenvalue weighted by Crippen LogP contribution is -2.24. The molecule has 0 heterocycles. The van der Waals surface area contributed by atoms with E-state index in [1.165, 1.54) is 24.3 Å². The predicted octanol–water partition coefficient (Wildman–Crippen LogP) is 4.18. The van der Waals surface area contributed by atoms with Crippen LogP contribution in [0.2, 0.25) is 0 Å². The lowest BCUT2D eigenvalue weighted by atomic mass is 9.89. The van der Waals surface area contributed by atoms with Crippen molar-refractivity contribution in [1.82, 2.24) is 0 Å². The fraction of sp³-hybridized carbons (Fsp3) is 0.200. The van der Waals surface area contributed by atoms with E-state index in [0.717, 1.165) is 5.56 Å². The summed E-state index contributed by atoms with van der Waals surface area (Å²) >= 11 is 3.27. The van der Waals surface area contributed by atoms with Crippen molar-refractivity contribution in [3.8, 4) is 0 Å². The molecule has 1 nitrogen and oxygen atoms in total. The van der Waals surface area contributed by atoms with Gasteiger partial charge in [0.05, 0.1) is 5.60 Å². The Kier molecular flexibility index (Phi) is 4.02. The van der Waals surface area contributed by atoms with Gasteiger partial charge < -0.3 is 5.11 Å². The molecule has 2 aromatic carbocycles. The summed E-state index contributed by atoms with van der Waals surface area (Å²) in [5, 5.41) is 10.5. The van der Waals surface area contributed by atoms with E-state index in [1.807, 2.05) is 0 Å². The highest BCUT2D eigenvalue weighted by atomic mass is 79.9. The smallest absolute Gasteiger partial charge is 0.124 e. The van der Waals surface area contributed by atoms with Crippen molar-refractivity contribution in [2.75, 3.05) is 0 Å². The highest BCUT2D eigenvalue weighted by molar-refractivity contribution is 9.10. The Morgan fingerprint density at radius 1 is 1.05 bits per heavy atom. The Bertz CT molecular complexity index is 579. The fourth-order valence-corrected chi connectivity index (χ4v) is 2.44. The molecule has 1 atom stereocenters. The third kappa shape index (κ3) is 3.39. The number of rotatable bonds is 3. The topological polar surface area (TPSA) is 20.2 Å². The van der Waals surface area contributed by atoms with Gasteiger partial charge in [-0.05, 0) is 42.3 Å². The first kappa shape index (κ1) is 14.2.